The molecule has 1 aromatic heterocycles. The predicted molar refractivity (Wildman–Crippen MR) is 107 cm³/mol. The molecule has 1 atom stereocenters. The Morgan fingerprint density at radius 3 is 2.61 bits per heavy atom. The smallest absolute Gasteiger partial charge is 0.269 e. The van der Waals surface area contributed by atoms with Gasteiger partial charge in [-0.15, -0.1) is 0 Å². The van der Waals surface area contributed by atoms with E-state index in [1.54, 1.807) is 6.07 Å². The van der Waals surface area contributed by atoms with Crippen molar-refractivity contribution in [3.8, 4) is 22.9 Å². The van der Waals surface area contributed by atoms with E-state index >= 15 is 0 Å². The van der Waals surface area contributed by atoms with Gasteiger partial charge in [-0.05, 0) is 36.4 Å². The molecule has 0 aliphatic carbocycles. The van der Waals surface area contributed by atoms with Gasteiger partial charge >= 0.3 is 0 Å². The maximum Gasteiger partial charge on any atom is 0.269 e. The average molecular weight is 371 g/mol. The van der Waals surface area contributed by atoms with Gasteiger partial charge in [0.2, 0.25) is 6.10 Å². The fraction of sp³-hybridized carbons (Fsp3) is 0.0909. The van der Waals surface area contributed by atoms with Crippen molar-refractivity contribution in [3.05, 3.63) is 72.8 Å². The number of carbonyl (C=O) groups is 1. The Balaban J connectivity index is 1.41. The molecule has 2 heterocycles. The number of aromatic amines is 1. The molecule has 28 heavy (non-hydrogen) atoms. The van der Waals surface area contributed by atoms with Crippen molar-refractivity contribution in [2.75, 3.05) is 11.9 Å². The first kappa shape index (κ1) is 16.4. The van der Waals surface area contributed by atoms with Crippen molar-refractivity contribution in [2.24, 2.45) is 0 Å². The maximum atomic E-state index is 12.8. The largest absolute Gasteiger partial charge is 0.485 e. The SMILES string of the molecule is O=C(Nc1ccccc1-c1nc2ccccc2[nH]1)C1COc2ccccc2O1. The van der Waals surface area contributed by atoms with Gasteiger partial charge in [0.05, 0.1) is 16.7 Å². The summed E-state index contributed by atoms with van der Waals surface area (Å²) in [7, 11) is 0. The van der Waals surface area contributed by atoms with Crippen LogP contribution >= 0.6 is 0 Å². The van der Waals surface area contributed by atoms with Crippen LogP contribution < -0.4 is 14.8 Å². The lowest BCUT2D eigenvalue weighted by molar-refractivity contribution is -0.125. The van der Waals surface area contributed by atoms with E-state index in [0.717, 1.165) is 16.6 Å². The molecule has 1 unspecified atom stereocenters. The Morgan fingerprint density at radius 1 is 0.964 bits per heavy atom. The van der Waals surface area contributed by atoms with Crippen LogP contribution in [0, 0.1) is 0 Å². The Hall–Kier alpha value is -3.80. The fourth-order valence-corrected chi connectivity index (χ4v) is 3.24. The molecule has 1 amide bonds. The van der Waals surface area contributed by atoms with Crippen LogP contribution in [0.25, 0.3) is 22.4 Å². The van der Waals surface area contributed by atoms with E-state index in [4.69, 9.17) is 9.47 Å². The van der Waals surface area contributed by atoms with Gasteiger partial charge in [0.15, 0.2) is 11.5 Å². The summed E-state index contributed by atoms with van der Waals surface area (Å²) in [6.07, 6.45) is -0.723. The minimum Gasteiger partial charge on any atom is -0.485 e. The van der Waals surface area contributed by atoms with Gasteiger partial charge < -0.3 is 19.8 Å². The van der Waals surface area contributed by atoms with Crippen molar-refractivity contribution >= 4 is 22.6 Å². The summed E-state index contributed by atoms with van der Waals surface area (Å²) in [5, 5.41) is 2.95. The van der Waals surface area contributed by atoms with Gasteiger partial charge in [0, 0.05) is 5.56 Å². The number of rotatable bonds is 3. The highest BCUT2D eigenvalue weighted by atomic mass is 16.6. The number of H-pyrrole nitrogens is 1. The van der Waals surface area contributed by atoms with E-state index in [1.807, 2.05) is 66.7 Å². The number of benzene rings is 3. The summed E-state index contributed by atoms with van der Waals surface area (Å²) in [6, 6.07) is 22.7. The molecule has 0 spiro atoms. The monoisotopic (exact) mass is 371 g/mol. The Bertz CT molecular complexity index is 1140. The standard InChI is InChI=1S/C22H17N3O3/c26-22(20-13-27-18-11-5-6-12-19(18)28-20)25-15-8-2-1-7-14(15)21-23-16-9-3-4-10-17(16)24-21/h1-12,20H,13H2,(H,23,24)(H,25,26). The Kier molecular flexibility index (Phi) is 3.94. The molecule has 0 radical (unpaired) electrons. The summed E-state index contributed by atoms with van der Waals surface area (Å²) in [4.78, 5) is 20.7. The third-order valence-corrected chi connectivity index (χ3v) is 4.63. The highest BCUT2D eigenvalue weighted by Crippen LogP contribution is 2.32. The third kappa shape index (κ3) is 2.95. The second-order valence-corrected chi connectivity index (χ2v) is 6.50. The van der Waals surface area contributed by atoms with E-state index in [-0.39, 0.29) is 12.5 Å². The molecule has 138 valence electrons. The topological polar surface area (TPSA) is 76.2 Å². The average Bonchev–Trinajstić information content (AvgIpc) is 3.18. The van der Waals surface area contributed by atoms with E-state index in [0.29, 0.717) is 23.0 Å². The molecule has 4 aromatic rings. The molecular weight excluding hydrogens is 354 g/mol. The van der Waals surface area contributed by atoms with Gasteiger partial charge in [-0.25, -0.2) is 4.98 Å². The van der Waals surface area contributed by atoms with Crippen molar-refractivity contribution in [3.63, 3.8) is 0 Å². The van der Waals surface area contributed by atoms with E-state index < -0.39 is 6.10 Å². The molecule has 2 N–H and O–H groups in total. The number of ether oxygens (including phenoxy) is 2. The summed E-state index contributed by atoms with van der Waals surface area (Å²) >= 11 is 0. The van der Waals surface area contributed by atoms with Crippen molar-refractivity contribution in [1.82, 2.24) is 9.97 Å². The summed E-state index contributed by atoms with van der Waals surface area (Å²) in [6.45, 7) is 0.162. The summed E-state index contributed by atoms with van der Waals surface area (Å²) < 4.78 is 11.4. The highest BCUT2D eigenvalue weighted by molar-refractivity contribution is 5.98. The quantitative estimate of drug-likeness (QED) is 0.571. The number of fused-ring (bicyclic) bond motifs is 2. The number of carbonyl (C=O) groups excluding carboxylic acids is 1. The van der Waals surface area contributed by atoms with E-state index in [9.17, 15) is 4.79 Å². The van der Waals surface area contributed by atoms with Crippen molar-refractivity contribution < 1.29 is 14.3 Å². The van der Waals surface area contributed by atoms with Crippen molar-refractivity contribution in [1.29, 1.82) is 0 Å². The van der Waals surface area contributed by atoms with Crippen LogP contribution in [0.5, 0.6) is 11.5 Å². The van der Waals surface area contributed by atoms with Crippen LogP contribution in [0.15, 0.2) is 72.8 Å². The number of nitrogens with zero attached hydrogens (tertiary/aromatic N) is 1. The lowest BCUT2D eigenvalue weighted by Gasteiger charge is -2.25. The van der Waals surface area contributed by atoms with Gasteiger partial charge in [-0.2, -0.15) is 0 Å². The molecule has 6 heteroatoms. The number of imidazole rings is 1. The number of aromatic nitrogens is 2. The lowest BCUT2D eigenvalue weighted by atomic mass is 10.1. The first-order valence-electron chi connectivity index (χ1n) is 9.01. The van der Waals surface area contributed by atoms with Crippen LogP contribution in [0.4, 0.5) is 5.69 Å². The summed E-state index contributed by atoms with van der Waals surface area (Å²) in [5.74, 6) is 1.65. The van der Waals surface area contributed by atoms with Crippen LogP contribution in [-0.2, 0) is 4.79 Å². The predicted octanol–water partition coefficient (Wildman–Crippen LogP) is 4.01. The molecular formula is C22H17N3O3. The number of para-hydroxylation sites is 5. The number of hydrogen-bond donors (Lipinski definition) is 2. The Morgan fingerprint density at radius 2 is 1.71 bits per heavy atom. The molecule has 1 aliphatic rings. The van der Waals surface area contributed by atoms with Crippen molar-refractivity contribution in [2.45, 2.75) is 6.10 Å². The normalized spacial score (nSPS) is 15.4. The second-order valence-electron chi connectivity index (χ2n) is 6.50. The molecule has 0 fully saturated rings. The molecule has 0 bridgehead atoms. The van der Waals surface area contributed by atoms with Crippen LogP contribution in [-0.4, -0.2) is 28.6 Å². The van der Waals surface area contributed by atoms with E-state index in [2.05, 4.69) is 15.3 Å². The zero-order chi connectivity index (χ0) is 18.9. The van der Waals surface area contributed by atoms with Crippen LogP contribution in [0.3, 0.4) is 0 Å². The minimum atomic E-state index is -0.723. The minimum absolute atomic E-state index is 0.162. The van der Waals surface area contributed by atoms with Gasteiger partial charge in [0.25, 0.3) is 5.91 Å². The molecule has 6 nitrogen and oxygen atoms in total. The number of nitrogens with one attached hydrogen (secondary N) is 2. The number of anilines is 1. The zero-order valence-electron chi connectivity index (χ0n) is 14.9. The Labute approximate surface area is 161 Å². The van der Waals surface area contributed by atoms with Crippen LogP contribution in [0.2, 0.25) is 0 Å². The van der Waals surface area contributed by atoms with Gasteiger partial charge in [-0.3, -0.25) is 4.79 Å². The summed E-state index contributed by atoms with van der Waals surface area (Å²) in [5.41, 5.74) is 3.29. The molecule has 3 aromatic carbocycles. The van der Waals surface area contributed by atoms with E-state index in [1.165, 1.54) is 0 Å². The lowest BCUT2D eigenvalue weighted by Crippen LogP contribution is -2.40. The highest BCUT2D eigenvalue weighted by Gasteiger charge is 2.28. The number of amides is 1. The third-order valence-electron chi connectivity index (χ3n) is 4.63. The zero-order valence-corrected chi connectivity index (χ0v) is 14.9. The number of hydrogen-bond acceptors (Lipinski definition) is 4. The second kappa shape index (κ2) is 6.74. The molecule has 5 rings (SSSR count). The first-order chi connectivity index (χ1) is 13.8. The maximum absolute atomic E-state index is 12.8. The first-order valence-corrected chi connectivity index (χ1v) is 9.01. The molecule has 0 saturated heterocycles. The van der Waals surface area contributed by atoms with Gasteiger partial charge in [-0.1, -0.05) is 36.4 Å². The molecule has 1 aliphatic heterocycles. The van der Waals surface area contributed by atoms with Gasteiger partial charge in [0.1, 0.15) is 12.4 Å². The fourth-order valence-electron chi connectivity index (χ4n) is 3.24. The van der Waals surface area contributed by atoms with Crippen LogP contribution in [0.1, 0.15) is 0 Å². The molecule has 0 saturated carbocycles.